The number of carbonyl (C=O) groups excluding carboxylic acids is 2. The predicted octanol–water partition coefficient (Wildman–Crippen LogP) is -1.85. The second-order valence-corrected chi connectivity index (χ2v) is 4.93. The second kappa shape index (κ2) is 4.92. The number of amides is 2. The van der Waals surface area contributed by atoms with Crippen LogP contribution in [0.5, 0.6) is 0 Å². The van der Waals surface area contributed by atoms with Crippen LogP contribution in [0.3, 0.4) is 0 Å². The molecule has 0 bridgehead atoms. The van der Waals surface area contributed by atoms with Gasteiger partial charge in [-0.1, -0.05) is 0 Å². The fraction of sp³-hybridized carbons (Fsp3) is 0.714. The Balaban J connectivity index is 2.54. The fourth-order valence-electron chi connectivity index (χ4n) is 1.63. The van der Waals surface area contributed by atoms with Crippen LogP contribution < -0.4 is 10.8 Å². The quantitative estimate of drug-likeness (QED) is 0.433. The maximum atomic E-state index is 11.5. The van der Waals surface area contributed by atoms with Gasteiger partial charge in [0, 0.05) is 6.54 Å². The van der Waals surface area contributed by atoms with Crippen LogP contribution in [0.15, 0.2) is 0 Å². The zero-order valence-corrected chi connectivity index (χ0v) is 9.39. The smallest absolute Gasteiger partial charge is 0.368 e. The molecule has 0 radical (unpaired) electrons. The molecule has 9 heteroatoms. The first-order chi connectivity index (χ1) is 7.31. The SMILES string of the molecule is NC(=O)[C@@H]1CCCN1C(=O)CNP(=O)(O)O. The number of likely N-dealkylation sites (tertiary alicyclic amines) is 1. The third-order valence-corrected chi connectivity index (χ3v) is 2.91. The molecule has 92 valence electrons. The van der Waals surface area contributed by atoms with Crippen molar-refractivity contribution in [3.05, 3.63) is 0 Å². The number of rotatable bonds is 4. The minimum absolute atomic E-state index is 0.384. The molecule has 1 saturated heterocycles. The molecule has 0 aromatic rings. The Morgan fingerprint density at radius 3 is 2.62 bits per heavy atom. The van der Waals surface area contributed by atoms with E-state index >= 15 is 0 Å². The summed E-state index contributed by atoms with van der Waals surface area (Å²) in [7, 11) is -4.42. The van der Waals surface area contributed by atoms with Gasteiger partial charge in [-0.15, -0.1) is 0 Å². The highest BCUT2D eigenvalue weighted by atomic mass is 31.2. The summed E-state index contributed by atoms with van der Waals surface area (Å²) in [5.41, 5.74) is 5.10. The van der Waals surface area contributed by atoms with Gasteiger partial charge in [0.15, 0.2) is 0 Å². The van der Waals surface area contributed by atoms with Crippen LogP contribution in [0.1, 0.15) is 12.8 Å². The molecule has 8 nitrogen and oxygen atoms in total. The summed E-state index contributed by atoms with van der Waals surface area (Å²) in [5, 5.41) is 1.78. The van der Waals surface area contributed by atoms with Crippen LogP contribution in [0.2, 0.25) is 0 Å². The van der Waals surface area contributed by atoms with Gasteiger partial charge in [-0.05, 0) is 12.8 Å². The van der Waals surface area contributed by atoms with Crippen molar-refractivity contribution in [2.24, 2.45) is 5.73 Å². The summed E-state index contributed by atoms with van der Waals surface area (Å²) < 4.78 is 10.5. The van der Waals surface area contributed by atoms with Crippen molar-refractivity contribution in [2.45, 2.75) is 18.9 Å². The summed E-state index contributed by atoms with van der Waals surface area (Å²) >= 11 is 0. The lowest BCUT2D eigenvalue weighted by Gasteiger charge is -2.22. The Hall–Kier alpha value is -0.950. The van der Waals surface area contributed by atoms with Crippen molar-refractivity contribution < 1.29 is 23.9 Å². The van der Waals surface area contributed by atoms with Gasteiger partial charge in [0.1, 0.15) is 6.04 Å². The Kier molecular flexibility index (Phi) is 4.03. The predicted molar refractivity (Wildman–Crippen MR) is 54.0 cm³/mol. The highest BCUT2D eigenvalue weighted by molar-refractivity contribution is 7.49. The topological polar surface area (TPSA) is 133 Å². The molecule has 1 aliphatic rings. The number of nitrogens with one attached hydrogen (secondary N) is 1. The van der Waals surface area contributed by atoms with Gasteiger partial charge in [-0.3, -0.25) is 9.59 Å². The molecule has 5 N–H and O–H groups in total. The van der Waals surface area contributed by atoms with Crippen LogP contribution in [-0.4, -0.2) is 45.6 Å². The van der Waals surface area contributed by atoms with E-state index in [1.165, 1.54) is 4.90 Å². The van der Waals surface area contributed by atoms with E-state index in [0.717, 1.165) is 0 Å². The molecular weight excluding hydrogens is 237 g/mol. The first-order valence-corrected chi connectivity index (χ1v) is 6.32. The minimum atomic E-state index is -4.42. The van der Waals surface area contributed by atoms with E-state index in [9.17, 15) is 14.2 Å². The lowest BCUT2D eigenvalue weighted by Crippen LogP contribution is -2.46. The van der Waals surface area contributed by atoms with E-state index in [4.69, 9.17) is 15.5 Å². The maximum absolute atomic E-state index is 11.5. The van der Waals surface area contributed by atoms with E-state index in [0.29, 0.717) is 19.4 Å². The number of carbonyl (C=O) groups is 2. The summed E-state index contributed by atoms with van der Waals surface area (Å²) in [5.74, 6) is -1.13. The number of hydrogen-bond donors (Lipinski definition) is 4. The van der Waals surface area contributed by atoms with Crippen molar-refractivity contribution in [1.29, 1.82) is 0 Å². The van der Waals surface area contributed by atoms with Gasteiger partial charge in [0.05, 0.1) is 6.54 Å². The Labute approximate surface area is 92.0 Å². The van der Waals surface area contributed by atoms with Crippen molar-refractivity contribution in [2.75, 3.05) is 13.1 Å². The van der Waals surface area contributed by atoms with Gasteiger partial charge in [-0.25, -0.2) is 9.65 Å². The van der Waals surface area contributed by atoms with Crippen molar-refractivity contribution in [3.63, 3.8) is 0 Å². The molecule has 1 atom stereocenters. The van der Waals surface area contributed by atoms with E-state index < -0.39 is 32.1 Å². The standard InChI is InChI=1S/C7H14N3O5P/c8-7(12)5-2-1-3-10(5)6(11)4-9-16(13,14)15/h5H,1-4H2,(H2,8,12)(H3,9,13,14,15)/t5-/m0/s1. The summed E-state index contributed by atoms with van der Waals surface area (Å²) in [4.78, 5) is 40.8. The zero-order chi connectivity index (χ0) is 12.3. The van der Waals surface area contributed by atoms with Gasteiger partial charge < -0.3 is 20.4 Å². The van der Waals surface area contributed by atoms with Crippen LogP contribution in [0.25, 0.3) is 0 Å². The molecule has 0 saturated carbocycles. The van der Waals surface area contributed by atoms with Crippen molar-refractivity contribution in [1.82, 2.24) is 9.99 Å². The van der Waals surface area contributed by atoms with Gasteiger partial charge in [-0.2, -0.15) is 0 Å². The summed E-state index contributed by atoms with van der Waals surface area (Å²) in [6.07, 6.45) is 1.16. The zero-order valence-electron chi connectivity index (χ0n) is 8.50. The first-order valence-electron chi connectivity index (χ1n) is 4.71. The van der Waals surface area contributed by atoms with Crippen molar-refractivity contribution in [3.8, 4) is 0 Å². The van der Waals surface area contributed by atoms with Gasteiger partial charge >= 0.3 is 7.75 Å². The van der Waals surface area contributed by atoms with Crippen LogP contribution in [-0.2, 0) is 14.2 Å². The number of hydrogen-bond acceptors (Lipinski definition) is 3. The van der Waals surface area contributed by atoms with Crippen LogP contribution >= 0.6 is 7.75 Å². The molecular formula is C7H14N3O5P. The Morgan fingerprint density at radius 1 is 1.50 bits per heavy atom. The normalized spacial score (nSPS) is 21.1. The van der Waals surface area contributed by atoms with Gasteiger partial charge in [0.2, 0.25) is 11.8 Å². The average Bonchev–Trinajstić information content (AvgIpc) is 2.61. The van der Waals surface area contributed by atoms with Gasteiger partial charge in [0.25, 0.3) is 0 Å². The molecule has 0 aromatic carbocycles. The maximum Gasteiger partial charge on any atom is 0.400 e. The number of nitrogens with two attached hydrogens (primary N) is 1. The lowest BCUT2D eigenvalue weighted by molar-refractivity contribution is -0.136. The van der Waals surface area contributed by atoms with E-state index in [1.54, 1.807) is 5.09 Å². The van der Waals surface area contributed by atoms with E-state index in [-0.39, 0.29) is 0 Å². The van der Waals surface area contributed by atoms with Crippen LogP contribution in [0, 0.1) is 0 Å². The largest absolute Gasteiger partial charge is 0.400 e. The molecule has 1 aliphatic heterocycles. The second-order valence-electron chi connectivity index (χ2n) is 3.53. The summed E-state index contributed by atoms with van der Waals surface area (Å²) in [6, 6.07) is -0.661. The molecule has 16 heavy (non-hydrogen) atoms. The monoisotopic (exact) mass is 251 g/mol. The molecule has 0 spiro atoms. The third-order valence-electron chi connectivity index (χ3n) is 2.34. The van der Waals surface area contributed by atoms with Crippen molar-refractivity contribution >= 4 is 19.6 Å². The Bertz CT molecular complexity index is 341. The lowest BCUT2D eigenvalue weighted by atomic mass is 10.2. The average molecular weight is 251 g/mol. The highest BCUT2D eigenvalue weighted by Gasteiger charge is 2.32. The minimum Gasteiger partial charge on any atom is -0.368 e. The molecule has 0 unspecified atom stereocenters. The molecule has 0 aliphatic carbocycles. The highest BCUT2D eigenvalue weighted by Crippen LogP contribution is 2.27. The molecule has 1 fully saturated rings. The third kappa shape index (κ3) is 3.57. The summed E-state index contributed by atoms with van der Waals surface area (Å²) in [6.45, 7) is -0.122. The van der Waals surface area contributed by atoms with E-state index in [2.05, 4.69) is 0 Å². The number of nitrogens with zero attached hydrogens (tertiary/aromatic N) is 1. The molecule has 1 rings (SSSR count). The number of primary amides is 1. The Morgan fingerprint density at radius 2 is 2.12 bits per heavy atom. The van der Waals surface area contributed by atoms with Crippen LogP contribution in [0.4, 0.5) is 0 Å². The molecule has 2 amide bonds. The fourth-order valence-corrected chi connectivity index (χ4v) is 1.97. The molecule has 0 aromatic heterocycles. The van der Waals surface area contributed by atoms with E-state index in [1.807, 2.05) is 0 Å². The molecule has 1 heterocycles. The first kappa shape index (κ1) is 13.1.